The summed E-state index contributed by atoms with van der Waals surface area (Å²) in [5, 5.41) is 1.24. The maximum atomic E-state index is 2.22. The highest BCUT2D eigenvalue weighted by atomic mass is 15.2. The van der Waals surface area contributed by atoms with Gasteiger partial charge in [-0.15, -0.1) is 0 Å². The Morgan fingerprint density at radius 2 is 1.52 bits per heavy atom. The molecule has 0 atom stereocenters. The molecule has 0 fully saturated rings. The topological polar surface area (TPSA) is 7.12 Å². The molecule has 2 nitrogen and oxygen atoms in total. The Kier molecular flexibility index (Phi) is 3.69. The van der Waals surface area contributed by atoms with Crippen molar-refractivity contribution in [1.29, 1.82) is 0 Å². The molecule has 0 amide bonds. The molecule has 0 bridgehead atoms. The van der Waals surface area contributed by atoms with E-state index in [-0.39, 0.29) is 0 Å². The summed E-state index contributed by atoms with van der Waals surface area (Å²) in [4.78, 5) is 2.13. The van der Waals surface area contributed by atoms with E-state index in [9.17, 15) is 0 Å². The van der Waals surface area contributed by atoms with Gasteiger partial charge >= 0.3 is 0 Å². The number of benzene rings is 2. The Morgan fingerprint density at radius 1 is 0.810 bits per heavy atom. The Labute approximate surface area is 125 Å². The number of para-hydroxylation sites is 1. The van der Waals surface area contributed by atoms with Crippen LogP contribution in [0.2, 0.25) is 0 Å². The lowest BCUT2D eigenvalue weighted by atomic mass is 10.2. The van der Waals surface area contributed by atoms with Gasteiger partial charge in [-0.2, -0.15) is 4.57 Å². The predicted molar refractivity (Wildman–Crippen MR) is 90.1 cm³/mol. The zero-order chi connectivity index (χ0) is 14.7. The molecule has 0 saturated carbocycles. The molecule has 3 rings (SSSR count). The minimum absolute atomic E-state index is 1.15. The normalized spacial score (nSPS) is 11.1. The van der Waals surface area contributed by atoms with Crippen LogP contribution >= 0.6 is 0 Å². The fraction of sp³-hybridized carbons (Fsp3) is 0.105. The van der Waals surface area contributed by atoms with E-state index < -0.39 is 0 Å². The summed E-state index contributed by atoms with van der Waals surface area (Å²) >= 11 is 0. The van der Waals surface area contributed by atoms with Gasteiger partial charge in [0.25, 0.3) is 5.82 Å². The second-order valence-electron chi connectivity index (χ2n) is 5.24. The van der Waals surface area contributed by atoms with Gasteiger partial charge in [0.2, 0.25) is 0 Å². The molecule has 0 spiro atoms. The van der Waals surface area contributed by atoms with E-state index in [2.05, 4.69) is 96.5 Å². The summed E-state index contributed by atoms with van der Waals surface area (Å²) in [6.07, 6.45) is 4.27. The van der Waals surface area contributed by atoms with Gasteiger partial charge in [0.1, 0.15) is 5.52 Å². The monoisotopic (exact) mass is 275 g/mol. The number of hydrogen-bond acceptors (Lipinski definition) is 1. The summed E-state index contributed by atoms with van der Waals surface area (Å²) in [5.74, 6) is 1.15. The minimum Gasteiger partial charge on any atom is -0.267 e. The Morgan fingerprint density at radius 3 is 2.29 bits per heavy atom. The van der Waals surface area contributed by atoms with Crippen molar-refractivity contribution in [3.05, 3.63) is 72.3 Å². The van der Waals surface area contributed by atoms with Gasteiger partial charge in [-0.1, -0.05) is 48.5 Å². The van der Waals surface area contributed by atoms with Crippen molar-refractivity contribution in [2.24, 2.45) is 0 Å². The van der Waals surface area contributed by atoms with Crippen molar-refractivity contribution in [3.8, 4) is 0 Å². The quantitative estimate of drug-likeness (QED) is 0.659. The van der Waals surface area contributed by atoms with E-state index in [1.54, 1.807) is 0 Å². The average molecular weight is 275 g/mol. The molecule has 0 saturated heterocycles. The molecule has 0 radical (unpaired) electrons. The number of anilines is 1. The van der Waals surface area contributed by atoms with Crippen molar-refractivity contribution in [2.45, 2.75) is 0 Å². The third-order valence-electron chi connectivity index (χ3n) is 3.53. The number of hydrogen-bond donors (Lipinski definition) is 0. The van der Waals surface area contributed by atoms with Crippen LogP contribution in [0.1, 0.15) is 5.56 Å². The molecule has 0 unspecified atom stereocenters. The minimum atomic E-state index is 1.15. The number of nitrogens with zero attached hydrogens (tertiary/aromatic N) is 2. The maximum Gasteiger partial charge on any atom is 0.281 e. The first-order valence-electron chi connectivity index (χ1n) is 7.09. The molecule has 3 aromatic rings. The second kappa shape index (κ2) is 5.80. The summed E-state index contributed by atoms with van der Waals surface area (Å²) in [6, 6.07) is 23.1. The van der Waals surface area contributed by atoms with E-state index in [1.165, 1.54) is 16.5 Å². The zero-order valence-corrected chi connectivity index (χ0v) is 12.4. The van der Waals surface area contributed by atoms with Crippen LogP contribution in [0.4, 0.5) is 5.82 Å². The lowest BCUT2D eigenvalue weighted by Crippen LogP contribution is -2.34. The molecule has 2 aromatic carbocycles. The smallest absolute Gasteiger partial charge is 0.267 e. The molecule has 0 aliphatic carbocycles. The predicted octanol–water partition coefficient (Wildman–Crippen LogP) is 3.82. The highest BCUT2D eigenvalue weighted by Gasteiger charge is 2.12. The lowest BCUT2D eigenvalue weighted by Gasteiger charge is -2.10. The van der Waals surface area contributed by atoms with Gasteiger partial charge in [0.05, 0.1) is 20.3 Å². The molecular formula is C19H19N2+. The van der Waals surface area contributed by atoms with Gasteiger partial charge in [0.15, 0.2) is 0 Å². The molecule has 1 heterocycles. The fourth-order valence-electron chi connectivity index (χ4n) is 2.46. The van der Waals surface area contributed by atoms with Gasteiger partial charge in [-0.25, -0.2) is 0 Å². The van der Waals surface area contributed by atoms with Crippen molar-refractivity contribution < 1.29 is 4.57 Å². The second-order valence-corrected chi connectivity index (χ2v) is 5.24. The van der Waals surface area contributed by atoms with Crippen LogP contribution in [-0.4, -0.2) is 14.1 Å². The standard InChI is InChI=1S/C19H19N2/c1-20(2)19-13-12-17-10-6-7-11-18(17)21(19)15-14-16-8-4-3-5-9-16/h3-15H,1-2H3/q+1. The largest absolute Gasteiger partial charge is 0.281 e. The number of rotatable bonds is 3. The molecular weight excluding hydrogens is 256 g/mol. The molecule has 0 aliphatic rings. The van der Waals surface area contributed by atoms with Gasteiger partial charge in [-0.05, 0) is 23.8 Å². The van der Waals surface area contributed by atoms with E-state index in [1.807, 2.05) is 6.07 Å². The van der Waals surface area contributed by atoms with E-state index in [0.717, 1.165) is 5.82 Å². The number of aromatic nitrogens is 1. The molecule has 0 aliphatic heterocycles. The third kappa shape index (κ3) is 2.79. The molecule has 21 heavy (non-hydrogen) atoms. The fourth-order valence-corrected chi connectivity index (χ4v) is 2.46. The van der Waals surface area contributed by atoms with Gasteiger partial charge in [-0.3, -0.25) is 4.90 Å². The summed E-state index contributed by atoms with van der Waals surface area (Å²) < 4.78 is 2.22. The summed E-state index contributed by atoms with van der Waals surface area (Å²) in [5.41, 5.74) is 2.40. The van der Waals surface area contributed by atoms with E-state index >= 15 is 0 Å². The molecule has 1 aromatic heterocycles. The summed E-state index contributed by atoms with van der Waals surface area (Å²) in [6.45, 7) is 0. The number of pyridine rings is 1. The third-order valence-corrected chi connectivity index (χ3v) is 3.53. The first-order valence-corrected chi connectivity index (χ1v) is 7.09. The van der Waals surface area contributed by atoms with Crippen molar-refractivity contribution >= 4 is 29.0 Å². The lowest BCUT2D eigenvalue weighted by molar-refractivity contribution is -0.524. The highest BCUT2D eigenvalue weighted by molar-refractivity contribution is 5.77. The van der Waals surface area contributed by atoms with Crippen LogP contribution in [0.5, 0.6) is 0 Å². The SMILES string of the molecule is CN(C)c1ccc2ccccc2[n+]1C=Cc1ccccc1. The van der Waals surface area contributed by atoms with Gasteiger partial charge in [0, 0.05) is 11.5 Å². The zero-order valence-electron chi connectivity index (χ0n) is 12.4. The molecule has 0 N–H and O–H groups in total. The van der Waals surface area contributed by atoms with Crippen molar-refractivity contribution in [1.82, 2.24) is 0 Å². The van der Waals surface area contributed by atoms with Crippen molar-refractivity contribution in [2.75, 3.05) is 19.0 Å². The first kappa shape index (κ1) is 13.4. The van der Waals surface area contributed by atoms with Crippen LogP contribution in [0, 0.1) is 0 Å². The maximum absolute atomic E-state index is 2.22. The van der Waals surface area contributed by atoms with Gasteiger partial charge < -0.3 is 0 Å². The highest BCUT2D eigenvalue weighted by Crippen LogP contribution is 2.15. The van der Waals surface area contributed by atoms with E-state index in [4.69, 9.17) is 0 Å². The van der Waals surface area contributed by atoms with Crippen LogP contribution < -0.4 is 9.47 Å². The average Bonchev–Trinajstić information content (AvgIpc) is 2.53. The molecule has 104 valence electrons. The van der Waals surface area contributed by atoms with Crippen LogP contribution in [0.15, 0.2) is 66.7 Å². The van der Waals surface area contributed by atoms with Crippen LogP contribution in [0.3, 0.4) is 0 Å². The number of fused-ring (bicyclic) bond motifs is 1. The Bertz CT molecular complexity index is 774. The van der Waals surface area contributed by atoms with E-state index in [0.29, 0.717) is 0 Å². The Balaban J connectivity index is 2.15. The summed E-state index contributed by atoms with van der Waals surface area (Å²) in [7, 11) is 4.13. The van der Waals surface area contributed by atoms with Crippen molar-refractivity contribution in [3.63, 3.8) is 0 Å². The van der Waals surface area contributed by atoms with Crippen LogP contribution in [0.25, 0.3) is 23.2 Å². The first-order chi connectivity index (χ1) is 10.3. The van der Waals surface area contributed by atoms with Crippen LogP contribution in [-0.2, 0) is 0 Å². The molecule has 2 heteroatoms. The Hall–Kier alpha value is -2.61.